The summed E-state index contributed by atoms with van der Waals surface area (Å²) in [5.74, 6) is 0.619. The van der Waals surface area contributed by atoms with Crippen LogP contribution in [0.5, 0.6) is 11.5 Å². The molecule has 0 bridgehead atoms. The SMILES string of the molecule is Oc1ccccc1OCc1coc2ccccc12. The van der Waals surface area contributed by atoms with Crippen LogP contribution in [0.15, 0.2) is 59.2 Å². The predicted molar refractivity (Wildman–Crippen MR) is 68.7 cm³/mol. The van der Waals surface area contributed by atoms with Crippen molar-refractivity contribution in [1.82, 2.24) is 0 Å². The monoisotopic (exact) mass is 240 g/mol. The molecule has 0 aliphatic carbocycles. The third kappa shape index (κ3) is 1.91. The quantitative estimate of drug-likeness (QED) is 0.758. The molecule has 1 N–H and O–H groups in total. The molecule has 1 aromatic heterocycles. The molecule has 18 heavy (non-hydrogen) atoms. The van der Waals surface area contributed by atoms with Gasteiger partial charge < -0.3 is 14.3 Å². The summed E-state index contributed by atoms with van der Waals surface area (Å²) in [7, 11) is 0. The summed E-state index contributed by atoms with van der Waals surface area (Å²) >= 11 is 0. The summed E-state index contributed by atoms with van der Waals surface area (Å²) < 4.78 is 11.0. The molecule has 0 saturated heterocycles. The van der Waals surface area contributed by atoms with Gasteiger partial charge in [-0.2, -0.15) is 0 Å². The lowest BCUT2D eigenvalue weighted by atomic mass is 10.2. The van der Waals surface area contributed by atoms with Gasteiger partial charge >= 0.3 is 0 Å². The van der Waals surface area contributed by atoms with Gasteiger partial charge in [-0.1, -0.05) is 30.3 Å². The molecule has 0 amide bonds. The molecular formula is C15H12O3. The fourth-order valence-electron chi connectivity index (χ4n) is 1.88. The molecule has 1 heterocycles. The molecule has 0 saturated carbocycles. The Morgan fingerprint density at radius 2 is 1.78 bits per heavy atom. The second kappa shape index (κ2) is 4.45. The third-order valence-corrected chi connectivity index (χ3v) is 2.81. The van der Waals surface area contributed by atoms with E-state index in [1.54, 1.807) is 24.5 Å². The van der Waals surface area contributed by atoms with E-state index >= 15 is 0 Å². The van der Waals surface area contributed by atoms with Crippen molar-refractivity contribution in [3.63, 3.8) is 0 Å². The smallest absolute Gasteiger partial charge is 0.161 e. The molecule has 3 aromatic rings. The van der Waals surface area contributed by atoms with E-state index in [4.69, 9.17) is 9.15 Å². The maximum atomic E-state index is 9.60. The maximum absolute atomic E-state index is 9.60. The lowest BCUT2D eigenvalue weighted by Gasteiger charge is -2.06. The molecule has 0 fully saturated rings. The highest BCUT2D eigenvalue weighted by atomic mass is 16.5. The molecule has 0 atom stereocenters. The Kier molecular flexibility index (Phi) is 2.65. The minimum Gasteiger partial charge on any atom is -0.504 e. The summed E-state index contributed by atoms with van der Waals surface area (Å²) in [6, 6.07) is 14.7. The van der Waals surface area contributed by atoms with E-state index in [1.165, 1.54) is 0 Å². The fourth-order valence-corrected chi connectivity index (χ4v) is 1.88. The highest BCUT2D eigenvalue weighted by molar-refractivity contribution is 5.80. The Hall–Kier alpha value is -2.42. The third-order valence-electron chi connectivity index (χ3n) is 2.81. The number of fused-ring (bicyclic) bond motifs is 1. The largest absolute Gasteiger partial charge is 0.504 e. The van der Waals surface area contributed by atoms with E-state index in [-0.39, 0.29) is 5.75 Å². The first-order valence-corrected chi connectivity index (χ1v) is 5.70. The van der Waals surface area contributed by atoms with Gasteiger partial charge in [0.15, 0.2) is 11.5 Å². The molecule has 3 nitrogen and oxygen atoms in total. The van der Waals surface area contributed by atoms with Crippen molar-refractivity contribution in [3.05, 3.63) is 60.4 Å². The molecule has 3 rings (SSSR count). The zero-order valence-electron chi connectivity index (χ0n) is 9.67. The second-order valence-corrected chi connectivity index (χ2v) is 4.01. The number of hydrogen-bond donors (Lipinski definition) is 1. The first-order valence-electron chi connectivity index (χ1n) is 5.70. The predicted octanol–water partition coefficient (Wildman–Crippen LogP) is 3.72. The van der Waals surface area contributed by atoms with Crippen molar-refractivity contribution in [2.75, 3.05) is 0 Å². The van der Waals surface area contributed by atoms with Gasteiger partial charge in [-0.15, -0.1) is 0 Å². The van der Waals surface area contributed by atoms with Crippen LogP contribution < -0.4 is 4.74 Å². The number of phenolic OH excluding ortho intramolecular Hbond substituents is 1. The lowest BCUT2D eigenvalue weighted by Crippen LogP contribution is -1.94. The average molecular weight is 240 g/mol. The molecule has 90 valence electrons. The summed E-state index contributed by atoms with van der Waals surface area (Å²) in [6.07, 6.45) is 1.69. The van der Waals surface area contributed by atoms with Crippen LogP contribution in [0.4, 0.5) is 0 Å². The number of ether oxygens (including phenoxy) is 1. The van der Waals surface area contributed by atoms with Crippen molar-refractivity contribution in [1.29, 1.82) is 0 Å². The lowest BCUT2D eigenvalue weighted by molar-refractivity contribution is 0.289. The molecule has 3 heteroatoms. The maximum Gasteiger partial charge on any atom is 0.161 e. The van der Waals surface area contributed by atoms with Crippen LogP contribution in [0.3, 0.4) is 0 Å². The number of furan rings is 1. The van der Waals surface area contributed by atoms with Gasteiger partial charge in [0.1, 0.15) is 12.2 Å². The van der Waals surface area contributed by atoms with Crippen LogP contribution in [0.2, 0.25) is 0 Å². The van der Waals surface area contributed by atoms with Crippen molar-refractivity contribution in [2.24, 2.45) is 0 Å². The first-order chi connectivity index (χ1) is 8.84. The van der Waals surface area contributed by atoms with Crippen molar-refractivity contribution in [2.45, 2.75) is 6.61 Å². The number of benzene rings is 2. The van der Waals surface area contributed by atoms with E-state index in [0.717, 1.165) is 16.5 Å². The minimum absolute atomic E-state index is 0.144. The number of para-hydroxylation sites is 3. The molecule has 0 radical (unpaired) electrons. The molecule has 0 aliphatic rings. The number of hydrogen-bond acceptors (Lipinski definition) is 3. The van der Waals surface area contributed by atoms with E-state index < -0.39 is 0 Å². The number of rotatable bonds is 3. The molecule has 0 spiro atoms. The van der Waals surface area contributed by atoms with Crippen LogP contribution in [-0.2, 0) is 6.61 Å². The zero-order valence-corrected chi connectivity index (χ0v) is 9.67. The Bertz CT molecular complexity index is 670. The van der Waals surface area contributed by atoms with Crippen LogP contribution in [0.1, 0.15) is 5.56 Å². The van der Waals surface area contributed by atoms with E-state index in [9.17, 15) is 5.11 Å². The summed E-state index contributed by atoms with van der Waals surface area (Å²) in [5.41, 5.74) is 1.81. The fraction of sp³-hybridized carbons (Fsp3) is 0.0667. The Balaban J connectivity index is 1.83. The number of aromatic hydroxyl groups is 1. The topological polar surface area (TPSA) is 42.6 Å². The van der Waals surface area contributed by atoms with Crippen LogP contribution >= 0.6 is 0 Å². The van der Waals surface area contributed by atoms with Gasteiger partial charge in [0.05, 0.1) is 6.26 Å². The summed E-state index contributed by atoms with van der Waals surface area (Å²) in [6.45, 7) is 0.370. The first kappa shape index (κ1) is 10.7. The molecule has 2 aromatic carbocycles. The Morgan fingerprint density at radius 3 is 2.67 bits per heavy atom. The highest BCUT2D eigenvalue weighted by Crippen LogP contribution is 2.27. The Labute approximate surface area is 104 Å². The average Bonchev–Trinajstić information content (AvgIpc) is 2.81. The summed E-state index contributed by atoms with van der Waals surface area (Å²) in [4.78, 5) is 0. The normalized spacial score (nSPS) is 10.7. The van der Waals surface area contributed by atoms with Crippen molar-refractivity contribution >= 4 is 11.0 Å². The molecule has 0 aliphatic heterocycles. The van der Waals surface area contributed by atoms with E-state index in [2.05, 4.69) is 0 Å². The number of phenols is 1. The highest BCUT2D eigenvalue weighted by Gasteiger charge is 2.07. The van der Waals surface area contributed by atoms with Crippen LogP contribution in [-0.4, -0.2) is 5.11 Å². The Morgan fingerprint density at radius 1 is 1.00 bits per heavy atom. The van der Waals surface area contributed by atoms with Gasteiger partial charge in [0.2, 0.25) is 0 Å². The minimum atomic E-state index is 0.144. The van der Waals surface area contributed by atoms with Gasteiger partial charge in [0, 0.05) is 10.9 Å². The van der Waals surface area contributed by atoms with Crippen LogP contribution in [0, 0.1) is 0 Å². The van der Waals surface area contributed by atoms with Gasteiger partial charge in [-0.05, 0) is 18.2 Å². The standard InChI is InChI=1S/C15H12O3/c16-13-6-2-4-8-15(13)18-10-11-9-17-14-7-3-1-5-12(11)14/h1-9,16H,10H2. The van der Waals surface area contributed by atoms with E-state index in [1.807, 2.05) is 30.3 Å². The van der Waals surface area contributed by atoms with Gasteiger partial charge in [0.25, 0.3) is 0 Å². The van der Waals surface area contributed by atoms with Crippen molar-refractivity contribution < 1.29 is 14.3 Å². The summed E-state index contributed by atoms with van der Waals surface area (Å²) in [5, 5.41) is 10.6. The van der Waals surface area contributed by atoms with Crippen molar-refractivity contribution in [3.8, 4) is 11.5 Å². The second-order valence-electron chi connectivity index (χ2n) is 4.01. The van der Waals surface area contributed by atoms with Gasteiger partial charge in [-0.3, -0.25) is 0 Å². The molecular weight excluding hydrogens is 228 g/mol. The van der Waals surface area contributed by atoms with Crippen LogP contribution in [0.25, 0.3) is 11.0 Å². The van der Waals surface area contributed by atoms with E-state index in [0.29, 0.717) is 12.4 Å². The zero-order chi connectivity index (χ0) is 12.4. The van der Waals surface area contributed by atoms with Gasteiger partial charge in [-0.25, -0.2) is 0 Å². The molecule has 0 unspecified atom stereocenters.